The van der Waals surface area contributed by atoms with Crippen molar-refractivity contribution in [2.75, 3.05) is 17.2 Å². The molecular weight excluding hydrogens is 390 g/mol. The molecule has 2 amide bonds. The van der Waals surface area contributed by atoms with Gasteiger partial charge in [0.05, 0.1) is 4.90 Å². The Kier molecular flexibility index (Phi) is 8.35. The molecule has 2 aromatic carbocycles. The lowest BCUT2D eigenvalue weighted by Crippen LogP contribution is -2.24. The maximum atomic E-state index is 12.3. The number of anilines is 2. The maximum absolute atomic E-state index is 12.3. The predicted octanol–water partition coefficient (Wildman–Crippen LogP) is 3.76. The van der Waals surface area contributed by atoms with E-state index in [0.29, 0.717) is 23.5 Å². The summed E-state index contributed by atoms with van der Waals surface area (Å²) in [6.07, 6.45) is 3.99. The molecule has 0 saturated heterocycles. The molecule has 29 heavy (non-hydrogen) atoms. The first-order valence-electron chi connectivity index (χ1n) is 9.60. The van der Waals surface area contributed by atoms with Gasteiger partial charge >= 0.3 is 0 Å². The third kappa shape index (κ3) is 7.32. The van der Waals surface area contributed by atoms with Crippen LogP contribution in [0.4, 0.5) is 11.4 Å². The molecule has 0 atom stereocenters. The minimum Gasteiger partial charge on any atom is -0.326 e. The van der Waals surface area contributed by atoms with Crippen molar-refractivity contribution >= 4 is 33.2 Å². The quantitative estimate of drug-likeness (QED) is 0.512. The second-order valence-corrected chi connectivity index (χ2v) is 8.46. The first kappa shape index (κ1) is 22.6. The standard InChI is InChI=1S/C21H27N3O4S/c1-3-4-5-6-15-22-29(27,28)20-13-11-19(12-14-20)24-21(26)17-7-9-18(10-8-17)23-16(2)25/h7-14,22H,3-6,15H2,1-2H3,(H,23,25)(H,24,26). The Bertz CT molecular complexity index is 923. The van der Waals surface area contributed by atoms with Gasteiger partial charge in [-0.15, -0.1) is 0 Å². The molecule has 7 nitrogen and oxygen atoms in total. The highest BCUT2D eigenvalue weighted by Crippen LogP contribution is 2.16. The van der Waals surface area contributed by atoms with E-state index in [4.69, 9.17) is 0 Å². The minimum atomic E-state index is -3.56. The number of carbonyl (C=O) groups is 2. The maximum Gasteiger partial charge on any atom is 0.255 e. The van der Waals surface area contributed by atoms with Crippen molar-refractivity contribution in [1.82, 2.24) is 4.72 Å². The van der Waals surface area contributed by atoms with Crippen LogP contribution in [-0.4, -0.2) is 26.8 Å². The van der Waals surface area contributed by atoms with Crippen molar-refractivity contribution < 1.29 is 18.0 Å². The largest absolute Gasteiger partial charge is 0.326 e. The van der Waals surface area contributed by atoms with Crippen LogP contribution < -0.4 is 15.4 Å². The number of rotatable bonds is 10. The van der Waals surface area contributed by atoms with E-state index in [1.165, 1.54) is 19.1 Å². The molecular formula is C21H27N3O4S. The lowest BCUT2D eigenvalue weighted by molar-refractivity contribution is -0.114. The molecule has 3 N–H and O–H groups in total. The van der Waals surface area contributed by atoms with E-state index >= 15 is 0 Å². The minimum absolute atomic E-state index is 0.158. The second-order valence-electron chi connectivity index (χ2n) is 6.70. The van der Waals surface area contributed by atoms with E-state index in [1.807, 2.05) is 0 Å². The summed E-state index contributed by atoms with van der Waals surface area (Å²) < 4.78 is 27.2. The van der Waals surface area contributed by atoms with Crippen molar-refractivity contribution in [2.24, 2.45) is 0 Å². The number of sulfonamides is 1. The molecule has 2 rings (SSSR count). The highest BCUT2D eigenvalue weighted by atomic mass is 32.2. The molecule has 8 heteroatoms. The van der Waals surface area contributed by atoms with Crippen LogP contribution in [0.5, 0.6) is 0 Å². The Morgan fingerprint density at radius 3 is 2.00 bits per heavy atom. The molecule has 0 radical (unpaired) electrons. The van der Waals surface area contributed by atoms with Gasteiger partial charge in [-0.3, -0.25) is 9.59 Å². The van der Waals surface area contributed by atoms with Gasteiger partial charge in [0.15, 0.2) is 0 Å². The van der Waals surface area contributed by atoms with E-state index in [0.717, 1.165) is 25.7 Å². The molecule has 2 aromatic rings. The Labute approximate surface area is 172 Å². The fourth-order valence-electron chi connectivity index (χ4n) is 2.67. The van der Waals surface area contributed by atoms with Gasteiger partial charge < -0.3 is 10.6 Å². The Morgan fingerprint density at radius 2 is 1.41 bits per heavy atom. The number of amides is 2. The van der Waals surface area contributed by atoms with Gasteiger partial charge in [-0.2, -0.15) is 0 Å². The lowest BCUT2D eigenvalue weighted by atomic mass is 10.2. The molecule has 0 aliphatic heterocycles. The number of carbonyl (C=O) groups excluding carboxylic acids is 2. The molecule has 0 fully saturated rings. The number of hydrogen-bond acceptors (Lipinski definition) is 4. The molecule has 0 aliphatic rings. The molecule has 0 saturated carbocycles. The van der Waals surface area contributed by atoms with Gasteiger partial charge in [0, 0.05) is 30.4 Å². The average Bonchev–Trinajstić information content (AvgIpc) is 2.68. The zero-order chi connectivity index (χ0) is 21.3. The van der Waals surface area contributed by atoms with Gasteiger partial charge in [0.2, 0.25) is 15.9 Å². The van der Waals surface area contributed by atoms with Crippen LogP contribution in [0.3, 0.4) is 0 Å². The van der Waals surface area contributed by atoms with Gasteiger partial charge in [0.1, 0.15) is 0 Å². The molecule has 0 aliphatic carbocycles. The van der Waals surface area contributed by atoms with Crippen LogP contribution in [0, 0.1) is 0 Å². The SMILES string of the molecule is CCCCCCNS(=O)(=O)c1ccc(NC(=O)c2ccc(NC(C)=O)cc2)cc1. The summed E-state index contributed by atoms with van der Waals surface area (Å²) in [5.74, 6) is -0.517. The van der Waals surface area contributed by atoms with Crippen molar-refractivity contribution in [3.8, 4) is 0 Å². The van der Waals surface area contributed by atoms with E-state index in [1.54, 1.807) is 36.4 Å². The third-order valence-corrected chi connectivity index (χ3v) is 5.69. The van der Waals surface area contributed by atoms with E-state index in [9.17, 15) is 18.0 Å². The smallest absolute Gasteiger partial charge is 0.255 e. The van der Waals surface area contributed by atoms with Crippen LogP contribution in [0.1, 0.15) is 49.9 Å². The lowest BCUT2D eigenvalue weighted by Gasteiger charge is -2.09. The van der Waals surface area contributed by atoms with E-state index in [-0.39, 0.29) is 16.7 Å². The fraction of sp³-hybridized carbons (Fsp3) is 0.333. The van der Waals surface area contributed by atoms with Gasteiger partial charge in [-0.25, -0.2) is 13.1 Å². The summed E-state index contributed by atoms with van der Waals surface area (Å²) in [6.45, 7) is 3.92. The van der Waals surface area contributed by atoms with E-state index in [2.05, 4.69) is 22.3 Å². The first-order chi connectivity index (χ1) is 13.8. The number of nitrogens with one attached hydrogen (secondary N) is 3. The summed E-state index contributed by atoms with van der Waals surface area (Å²) in [5.41, 5.74) is 1.51. The van der Waals surface area contributed by atoms with Crippen molar-refractivity contribution in [1.29, 1.82) is 0 Å². The van der Waals surface area contributed by atoms with Gasteiger partial charge in [0.25, 0.3) is 5.91 Å². The number of hydrogen-bond donors (Lipinski definition) is 3. The topological polar surface area (TPSA) is 104 Å². The number of unbranched alkanes of at least 4 members (excludes halogenated alkanes) is 3. The first-order valence-corrected chi connectivity index (χ1v) is 11.1. The third-order valence-electron chi connectivity index (χ3n) is 4.21. The van der Waals surface area contributed by atoms with Crippen molar-refractivity contribution in [3.63, 3.8) is 0 Å². The fourth-order valence-corrected chi connectivity index (χ4v) is 3.74. The molecule has 0 spiro atoms. The van der Waals surface area contributed by atoms with Crippen molar-refractivity contribution in [3.05, 3.63) is 54.1 Å². The predicted molar refractivity (Wildman–Crippen MR) is 114 cm³/mol. The summed E-state index contributed by atoms with van der Waals surface area (Å²) in [6, 6.07) is 12.5. The molecule has 0 heterocycles. The van der Waals surface area contributed by atoms with Crippen molar-refractivity contribution in [2.45, 2.75) is 44.4 Å². The van der Waals surface area contributed by atoms with Crippen LogP contribution in [-0.2, 0) is 14.8 Å². The number of benzene rings is 2. The normalized spacial score (nSPS) is 11.1. The summed E-state index contributed by atoms with van der Waals surface area (Å²) in [4.78, 5) is 23.5. The highest BCUT2D eigenvalue weighted by Gasteiger charge is 2.13. The molecule has 156 valence electrons. The van der Waals surface area contributed by atoms with Gasteiger partial charge in [-0.1, -0.05) is 26.2 Å². The highest BCUT2D eigenvalue weighted by molar-refractivity contribution is 7.89. The Balaban J connectivity index is 1.94. The summed E-state index contributed by atoms with van der Waals surface area (Å²) >= 11 is 0. The van der Waals surface area contributed by atoms with Crippen LogP contribution in [0.2, 0.25) is 0 Å². The average molecular weight is 418 g/mol. The van der Waals surface area contributed by atoms with E-state index < -0.39 is 10.0 Å². The van der Waals surface area contributed by atoms with Crippen LogP contribution in [0.25, 0.3) is 0 Å². The molecule has 0 aromatic heterocycles. The monoisotopic (exact) mass is 417 g/mol. The summed E-state index contributed by atoms with van der Waals surface area (Å²) in [5, 5.41) is 5.35. The van der Waals surface area contributed by atoms with Crippen LogP contribution >= 0.6 is 0 Å². The zero-order valence-corrected chi connectivity index (χ0v) is 17.5. The van der Waals surface area contributed by atoms with Crippen LogP contribution in [0.15, 0.2) is 53.4 Å². The Morgan fingerprint density at radius 1 is 0.828 bits per heavy atom. The molecule has 0 bridgehead atoms. The Hall–Kier alpha value is -2.71. The zero-order valence-electron chi connectivity index (χ0n) is 16.7. The molecule has 0 unspecified atom stereocenters. The summed E-state index contributed by atoms with van der Waals surface area (Å²) in [7, 11) is -3.56. The second kappa shape index (κ2) is 10.7. The van der Waals surface area contributed by atoms with Gasteiger partial charge in [-0.05, 0) is 55.0 Å².